The third-order valence-corrected chi connectivity index (χ3v) is 5.90. The van der Waals surface area contributed by atoms with Crippen molar-refractivity contribution in [1.82, 2.24) is 9.80 Å². The van der Waals surface area contributed by atoms with Gasteiger partial charge in [0.1, 0.15) is 12.4 Å². The summed E-state index contributed by atoms with van der Waals surface area (Å²) in [7, 11) is 0. The maximum absolute atomic E-state index is 12.8. The number of amides is 1. The van der Waals surface area contributed by atoms with Crippen LogP contribution in [0, 0.1) is 11.3 Å². The minimum Gasteiger partial charge on any atom is -0.464 e. The third kappa shape index (κ3) is 11.1. The van der Waals surface area contributed by atoms with Crippen molar-refractivity contribution < 1.29 is 23.9 Å². The largest absolute Gasteiger partial charge is 0.464 e. The fraction of sp³-hybridized carbons (Fsp3) is 0.833. The summed E-state index contributed by atoms with van der Waals surface area (Å²) in [6.45, 7) is 11.4. The molecule has 34 heavy (non-hydrogen) atoms. The molecule has 10 heteroatoms. The summed E-state index contributed by atoms with van der Waals surface area (Å²) in [6.07, 6.45) is 2.91. The molecular formula is C24H41N5O5. The van der Waals surface area contributed by atoms with E-state index in [1.807, 2.05) is 25.7 Å². The number of rotatable bonds is 14. The van der Waals surface area contributed by atoms with E-state index in [2.05, 4.69) is 10.0 Å². The minimum atomic E-state index is -0.471. The molecule has 1 atom stereocenters. The Morgan fingerprint density at radius 1 is 1.06 bits per heavy atom. The number of piperazine rings is 1. The molecule has 0 bridgehead atoms. The summed E-state index contributed by atoms with van der Waals surface area (Å²) in [5, 5.41) is 3.45. The number of ether oxygens (including phenoxy) is 1. The Kier molecular flexibility index (Phi) is 12.8. The Balaban J connectivity index is 2.58. The average molecular weight is 480 g/mol. The second kappa shape index (κ2) is 14.7. The van der Waals surface area contributed by atoms with Crippen LogP contribution in [0.4, 0.5) is 0 Å². The highest BCUT2D eigenvalue weighted by molar-refractivity contribution is 5.85. The first-order valence-corrected chi connectivity index (χ1v) is 12.2. The number of Topliss-reactive ketones (excluding diaryl/α,β-unsaturated/α-hetero) is 2. The van der Waals surface area contributed by atoms with E-state index in [9.17, 15) is 19.2 Å². The van der Waals surface area contributed by atoms with E-state index in [0.717, 1.165) is 0 Å². The van der Waals surface area contributed by atoms with Crippen molar-refractivity contribution >= 4 is 23.4 Å². The van der Waals surface area contributed by atoms with Gasteiger partial charge in [-0.2, -0.15) is 0 Å². The second-order valence-corrected chi connectivity index (χ2v) is 10.2. The molecule has 192 valence electrons. The van der Waals surface area contributed by atoms with Gasteiger partial charge in [0.05, 0.1) is 18.5 Å². The summed E-state index contributed by atoms with van der Waals surface area (Å²) in [6, 6.07) is -0.246. The number of azide groups is 1. The summed E-state index contributed by atoms with van der Waals surface area (Å²) in [4.78, 5) is 55.8. The molecule has 1 saturated heterocycles. The lowest BCUT2D eigenvalue weighted by Gasteiger charge is -2.41. The van der Waals surface area contributed by atoms with Gasteiger partial charge in [0.25, 0.3) is 0 Å². The highest BCUT2D eigenvalue weighted by Crippen LogP contribution is 2.19. The van der Waals surface area contributed by atoms with Gasteiger partial charge in [-0.1, -0.05) is 39.7 Å². The number of carbonyl (C=O) groups excluding carboxylic acids is 4. The van der Waals surface area contributed by atoms with Gasteiger partial charge < -0.3 is 9.64 Å². The van der Waals surface area contributed by atoms with Crippen molar-refractivity contribution in [2.24, 2.45) is 16.4 Å². The number of unbranched alkanes of at least 4 members (excludes halogenated alkanes) is 1. The Labute approximate surface area is 203 Å². The van der Waals surface area contributed by atoms with Crippen LogP contribution in [0.3, 0.4) is 0 Å². The van der Waals surface area contributed by atoms with E-state index >= 15 is 0 Å². The van der Waals surface area contributed by atoms with Crippen LogP contribution in [0.5, 0.6) is 0 Å². The smallest absolute Gasteiger partial charge is 0.308 e. The molecule has 0 aliphatic carbocycles. The van der Waals surface area contributed by atoms with E-state index in [-0.39, 0.29) is 55.0 Å². The van der Waals surface area contributed by atoms with Crippen LogP contribution in [0.1, 0.15) is 73.1 Å². The van der Waals surface area contributed by atoms with Gasteiger partial charge >= 0.3 is 5.97 Å². The maximum atomic E-state index is 12.8. The molecule has 1 aliphatic rings. The van der Waals surface area contributed by atoms with Crippen LogP contribution in [0.25, 0.3) is 10.4 Å². The zero-order valence-electron chi connectivity index (χ0n) is 21.4. The van der Waals surface area contributed by atoms with Crippen LogP contribution in [0.15, 0.2) is 5.11 Å². The summed E-state index contributed by atoms with van der Waals surface area (Å²) in [5.74, 6) is -0.368. The third-order valence-electron chi connectivity index (χ3n) is 5.90. The van der Waals surface area contributed by atoms with Crippen molar-refractivity contribution in [3.05, 3.63) is 10.4 Å². The molecule has 1 fully saturated rings. The first-order chi connectivity index (χ1) is 16.0. The monoisotopic (exact) mass is 479 g/mol. The Morgan fingerprint density at radius 2 is 1.74 bits per heavy atom. The molecule has 1 heterocycles. The lowest BCUT2D eigenvalue weighted by Crippen LogP contribution is -2.58. The Morgan fingerprint density at radius 3 is 2.35 bits per heavy atom. The van der Waals surface area contributed by atoms with E-state index in [1.54, 1.807) is 18.7 Å². The predicted octanol–water partition coefficient (Wildman–Crippen LogP) is 3.53. The topological polar surface area (TPSA) is 133 Å². The molecule has 1 unspecified atom stereocenters. The fourth-order valence-corrected chi connectivity index (χ4v) is 3.52. The van der Waals surface area contributed by atoms with Gasteiger partial charge in [0.2, 0.25) is 5.91 Å². The van der Waals surface area contributed by atoms with Crippen LogP contribution in [-0.2, 0) is 23.9 Å². The number of esters is 1. The summed E-state index contributed by atoms with van der Waals surface area (Å²) in [5.41, 5.74) is 7.77. The lowest BCUT2D eigenvalue weighted by atomic mass is 9.90. The van der Waals surface area contributed by atoms with Crippen LogP contribution in [0.2, 0.25) is 0 Å². The zero-order chi connectivity index (χ0) is 25.7. The van der Waals surface area contributed by atoms with Crippen molar-refractivity contribution in [1.29, 1.82) is 0 Å². The molecule has 1 rings (SSSR count). The Hall–Kier alpha value is -2.45. The SMILES string of the molecule is CC(C)C(=O)OCC1CN(C(=O)CCCC(=O)CCCCN=[N+]=[N-])CCN1CC(=O)C(C)(C)C. The number of ketones is 2. The van der Waals surface area contributed by atoms with E-state index in [4.69, 9.17) is 10.3 Å². The molecular weight excluding hydrogens is 438 g/mol. The molecule has 0 N–H and O–H groups in total. The van der Waals surface area contributed by atoms with Crippen molar-refractivity contribution in [3.63, 3.8) is 0 Å². The normalized spacial score (nSPS) is 16.8. The molecule has 0 spiro atoms. The lowest BCUT2D eigenvalue weighted by molar-refractivity contribution is -0.151. The van der Waals surface area contributed by atoms with Crippen molar-refractivity contribution in [3.8, 4) is 0 Å². The molecule has 0 saturated carbocycles. The highest BCUT2D eigenvalue weighted by Gasteiger charge is 2.33. The summed E-state index contributed by atoms with van der Waals surface area (Å²) < 4.78 is 5.44. The van der Waals surface area contributed by atoms with Gasteiger partial charge in [-0.25, -0.2) is 0 Å². The van der Waals surface area contributed by atoms with Gasteiger partial charge in [-0.3, -0.25) is 24.1 Å². The standard InChI is InChI=1S/C24H41N5O5/c1-18(2)23(33)34-17-19-15-29(14-13-28(19)16-21(31)24(3,4)5)22(32)11-8-10-20(30)9-6-7-12-26-27-25/h18-19H,6-17H2,1-5H3. The maximum Gasteiger partial charge on any atom is 0.308 e. The predicted molar refractivity (Wildman–Crippen MR) is 129 cm³/mol. The van der Waals surface area contributed by atoms with Crippen LogP contribution < -0.4 is 0 Å². The van der Waals surface area contributed by atoms with Gasteiger partial charge in [0.15, 0.2) is 5.78 Å². The van der Waals surface area contributed by atoms with E-state index in [1.165, 1.54) is 0 Å². The van der Waals surface area contributed by atoms with E-state index < -0.39 is 5.41 Å². The number of hydrogen-bond acceptors (Lipinski definition) is 7. The molecule has 1 amide bonds. The zero-order valence-corrected chi connectivity index (χ0v) is 21.4. The second-order valence-electron chi connectivity index (χ2n) is 10.2. The molecule has 1 aliphatic heterocycles. The highest BCUT2D eigenvalue weighted by atomic mass is 16.5. The first kappa shape index (κ1) is 29.6. The number of nitrogens with zero attached hydrogens (tertiary/aromatic N) is 5. The number of carbonyl (C=O) groups is 4. The first-order valence-electron chi connectivity index (χ1n) is 12.2. The molecule has 0 aromatic rings. The van der Waals surface area contributed by atoms with Gasteiger partial charge in [-0.05, 0) is 24.8 Å². The number of hydrogen-bond donors (Lipinski definition) is 0. The Bertz CT molecular complexity index is 755. The van der Waals surface area contributed by atoms with E-state index in [0.29, 0.717) is 58.3 Å². The fourth-order valence-electron chi connectivity index (χ4n) is 3.52. The van der Waals surface area contributed by atoms with Gasteiger partial charge in [-0.15, -0.1) is 0 Å². The average Bonchev–Trinajstić information content (AvgIpc) is 2.77. The molecule has 0 radical (unpaired) electrons. The van der Waals surface area contributed by atoms with Crippen LogP contribution in [-0.4, -0.2) is 78.6 Å². The quantitative estimate of drug-likeness (QED) is 0.123. The molecule has 0 aromatic heterocycles. The van der Waals surface area contributed by atoms with Crippen LogP contribution >= 0.6 is 0 Å². The molecule has 0 aromatic carbocycles. The minimum absolute atomic E-state index is 0.0295. The summed E-state index contributed by atoms with van der Waals surface area (Å²) >= 11 is 0. The molecule has 10 nitrogen and oxygen atoms in total. The van der Waals surface area contributed by atoms with Crippen molar-refractivity contribution in [2.75, 3.05) is 39.3 Å². The van der Waals surface area contributed by atoms with Gasteiger partial charge in [0, 0.05) is 55.8 Å². The van der Waals surface area contributed by atoms with Crippen molar-refractivity contribution in [2.45, 2.75) is 79.2 Å².